The average Bonchev–Trinajstić information content (AvgIpc) is 2.82. The number of likely N-dealkylation sites (tertiary alicyclic amines) is 1. The second kappa shape index (κ2) is 11.9. The molecule has 1 saturated heterocycles. The van der Waals surface area contributed by atoms with Crippen LogP contribution in [0.1, 0.15) is 52.5 Å². The molecule has 1 N–H and O–H groups in total. The lowest BCUT2D eigenvalue weighted by molar-refractivity contribution is -0.137. The molecule has 2 heterocycles. The van der Waals surface area contributed by atoms with E-state index in [4.69, 9.17) is 14.2 Å². The van der Waals surface area contributed by atoms with Gasteiger partial charge in [0.1, 0.15) is 5.60 Å². The predicted octanol–water partition coefficient (Wildman–Crippen LogP) is 4.80. The Bertz CT molecular complexity index is 1130. The van der Waals surface area contributed by atoms with Gasteiger partial charge in [0.05, 0.1) is 24.9 Å². The zero-order valence-corrected chi connectivity index (χ0v) is 21.6. The van der Waals surface area contributed by atoms with E-state index in [1.54, 1.807) is 30.0 Å². The van der Waals surface area contributed by atoms with E-state index in [0.29, 0.717) is 43.2 Å². The third kappa shape index (κ3) is 7.44. The van der Waals surface area contributed by atoms with E-state index in [1.165, 1.54) is 13.2 Å². The number of anilines is 1. The number of pyridine rings is 1. The van der Waals surface area contributed by atoms with Crippen LogP contribution in [0.2, 0.25) is 0 Å². The summed E-state index contributed by atoms with van der Waals surface area (Å²) >= 11 is 0. The number of benzene rings is 1. The first kappa shape index (κ1) is 27.0. The van der Waals surface area contributed by atoms with Crippen molar-refractivity contribution in [1.82, 2.24) is 9.88 Å². The van der Waals surface area contributed by atoms with E-state index in [0.717, 1.165) is 23.8 Å². The Labute approximate surface area is 211 Å². The van der Waals surface area contributed by atoms with Crippen molar-refractivity contribution in [2.24, 2.45) is 5.92 Å². The fourth-order valence-corrected chi connectivity index (χ4v) is 4.04. The van der Waals surface area contributed by atoms with Crippen LogP contribution in [-0.4, -0.2) is 60.3 Å². The number of ether oxygens (including phenoxy) is 3. The number of nitrogens with one attached hydrogen (secondary N) is 1. The van der Waals surface area contributed by atoms with Crippen molar-refractivity contribution in [1.29, 1.82) is 0 Å². The Hall–Kier alpha value is -3.62. The largest absolute Gasteiger partial charge is 0.481 e. The number of hydrogen-bond donors (Lipinski definition) is 1. The summed E-state index contributed by atoms with van der Waals surface area (Å²) in [7, 11) is 1.53. The first-order chi connectivity index (χ1) is 17.1. The van der Waals surface area contributed by atoms with Crippen LogP contribution in [0.5, 0.6) is 5.88 Å². The van der Waals surface area contributed by atoms with Crippen molar-refractivity contribution in [3.63, 3.8) is 0 Å². The van der Waals surface area contributed by atoms with E-state index in [-0.39, 0.29) is 17.9 Å². The van der Waals surface area contributed by atoms with Crippen LogP contribution in [0.15, 0.2) is 30.3 Å². The highest BCUT2D eigenvalue weighted by Gasteiger charge is 2.28. The fraction of sp³-hybridized carbons (Fsp3) is 0.481. The number of rotatable bonds is 7. The smallest absolute Gasteiger partial charge is 0.410 e. The number of amides is 2. The van der Waals surface area contributed by atoms with Crippen molar-refractivity contribution >= 4 is 40.6 Å². The van der Waals surface area contributed by atoms with Gasteiger partial charge in [-0.2, -0.15) is 0 Å². The molecule has 1 aliphatic heterocycles. The highest BCUT2D eigenvalue weighted by molar-refractivity contribution is 6.04. The van der Waals surface area contributed by atoms with E-state index in [9.17, 15) is 14.4 Å². The maximum atomic E-state index is 12.9. The predicted molar refractivity (Wildman–Crippen MR) is 138 cm³/mol. The van der Waals surface area contributed by atoms with Gasteiger partial charge in [0.2, 0.25) is 11.8 Å². The van der Waals surface area contributed by atoms with Gasteiger partial charge in [-0.1, -0.05) is 6.07 Å². The van der Waals surface area contributed by atoms with Crippen LogP contribution in [0.4, 0.5) is 10.5 Å². The van der Waals surface area contributed by atoms with Gasteiger partial charge in [0.25, 0.3) is 0 Å². The topological polar surface area (TPSA) is 107 Å². The van der Waals surface area contributed by atoms with Crippen molar-refractivity contribution < 1.29 is 28.6 Å². The Kier molecular flexibility index (Phi) is 8.90. The minimum Gasteiger partial charge on any atom is -0.481 e. The zero-order valence-electron chi connectivity index (χ0n) is 21.6. The lowest BCUT2D eigenvalue weighted by Gasteiger charge is -2.33. The van der Waals surface area contributed by atoms with Crippen molar-refractivity contribution in [2.45, 2.75) is 52.6 Å². The van der Waals surface area contributed by atoms with Crippen molar-refractivity contribution in [3.05, 3.63) is 35.9 Å². The molecule has 0 atom stereocenters. The maximum Gasteiger partial charge on any atom is 0.410 e. The standard InChI is InChI=1S/C27H35N3O6/c1-6-35-24(32)12-8-19-7-10-21(25-20(19)9-11-23(29-25)34-5)28-22(31)17-18-13-15-30(16-14-18)26(33)36-27(2,3)4/h7-12,18H,6,13-17H2,1-5H3,(H,28,31)/b12-8+. The van der Waals surface area contributed by atoms with Crippen LogP contribution in [0, 0.1) is 5.92 Å². The van der Waals surface area contributed by atoms with Crippen LogP contribution in [-0.2, 0) is 19.1 Å². The van der Waals surface area contributed by atoms with Gasteiger partial charge in [0.15, 0.2) is 0 Å². The van der Waals surface area contributed by atoms with Crippen LogP contribution in [0.3, 0.4) is 0 Å². The molecule has 0 spiro atoms. The molecule has 0 radical (unpaired) electrons. The molecule has 9 heteroatoms. The third-order valence-electron chi connectivity index (χ3n) is 5.77. The lowest BCUT2D eigenvalue weighted by atomic mass is 9.93. The number of hydrogen-bond acceptors (Lipinski definition) is 7. The number of esters is 1. The maximum absolute atomic E-state index is 12.9. The van der Waals surface area contributed by atoms with Gasteiger partial charge in [-0.25, -0.2) is 14.6 Å². The van der Waals surface area contributed by atoms with Gasteiger partial charge >= 0.3 is 12.1 Å². The van der Waals surface area contributed by atoms with Crippen molar-refractivity contribution in [2.75, 3.05) is 32.1 Å². The first-order valence-electron chi connectivity index (χ1n) is 12.2. The summed E-state index contributed by atoms with van der Waals surface area (Å²) in [5.41, 5.74) is 1.36. The molecule has 2 aromatic rings. The lowest BCUT2D eigenvalue weighted by Crippen LogP contribution is -2.42. The van der Waals surface area contributed by atoms with Gasteiger partial charge in [0, 0.05) is 37.0 Å². The molecule has 0 saturated carbocycles. The molecule has 3 rings (SSSR count). The summed E-state index contributed by atoms with van der Waals surface area (Å²) in [4.78, 5) is 43.2. The summed E-state index contributed by atoms with van der Waals surface area (Å²) in [5.74, 6) is 0.0388. The molecule has 0 unspecified atom stereocenters. The van der Waals surface area contributed by atoms with E-state index < -0.39 is 11.6 Å². The number of carbonyl (C=O) groups excluding carboxylic acids is 3. The Morgan fingerprint density at radius 3 is 2.50 bits per heavy atom. The molecular weight excluding hydrogens is 462 g/mol. The molecule has 1 aliphatic rings. The van der Waals surface area contributed by atoms with Gasteiger partial charge in [-0.15, -0.1) is 0 Å². The number of aromatic nitrogens is 1. The molecule has 9 nitrogen and oxygen atoms in total. The Morgan fingerprint density at radius 1 is 1.14 bits per heavy atom. The number of carbonyl (C=O) groups is 3. The third-order valence-corrected chi connectivity index (χ3v) is 5.77. The molecule has 2 amide bonds. The summed E-state index contributed by atoms with van der Waals surface area (Å²) in [6.45, 7) is 8.72. The molecule has 1 aromatic heterocycles. The normalized spacial score (nSPS) is 14.6. The Balaban J connectivity index is 1.68. The molecule has 36 heavy (non-hydrogen) atoms. The van der Waals surface area contributed by atoms with Gasteiger partial charge < -0.3 is 24.4 Å². The highest BCUT2D eigenvalue weighted by atomic mass is 16.6. The fourth-order valence-electron chi connectivity index (χ4n) is 4.04. The molecule has 0 bridgehead atoms. The van der Waals surface area contributed by atoms with Crippen LogP contribution in [0.25, 0.3) is 17.0 Å². The molecule has 1 fully saturated rings. The van der Waals surface area contributed by atoms with Gasteiger partial charge in [-0.3, -0.25) is 4.79 Å². The molecule has 0 aliphatic carbocycles. The van der Waals surface area contributed by atoms with E-state index in [1.807, 2.05) is 32.9 Å². The van der Waals surface area contributed by atoms with Crippen LogP contribution < -0.4 is 10.1 Å². The summed E-state index contributed by atoms with van der Waals surface area (Å²) in [6.07, 6.45) is 4.53. The number of nitrogens with zero attached hydrogens (tertiary/aromatic N) is 2. The highest BCUT2D eigenvalue weighted by Crippen LogP contribution is 2.29. The number of methoxy groups -OCH3 is 1. The number of fused-ring (bicyclic) bond motifs is 1. The quantitative estimate of drug-likeness (QED) is 0.433. The summed E-state index contributed by atoms with van der Waals surface area (Å²) < 4.78 is 15.7. The molecular formula is C27H35N3O6. The monoisotopic (exact) mass is 497 g/mol. The second-order valence-electron chi connectivity index (χ2n) is 9.70. The van der Waals surface area contributed by atoms with E-state index in [2.05, 4.69) is 10.3 Å². The van der Waals surface area contributed by atoms with Crippen molar-refractivity contribution in [3.8, 4) is 5.88 Å². The van der Waals surface area contributed by atoms with Gasteiger partial charge in [-0.05, 0) is 70.2 Å². The van der Waals surface area contributed by atoms with E-state index >= 15 is 0 Å². The Morgan fingerprint density at radius 2 is 1.86 bits per heavy atom. The zero-order chi connectivity index (χ0) is 26.3. The molecule has 194 valence electrons. The second-order valence-corrected chi connectivity index (χ2v) is 9.70. The minimum atomic E-state index is -0.530. The first-order valence-corrected chi connectivity index (χ1v) is 12.2. The van der Waals surface area contributed by atoms with Crippen LogP contribution >= 0.6 is 0 Å². The summed E-state index contributed by atoms with van der Waals surface area (Å²) in [6, 6.07) is 7.16. The average molecular weight is 498 g/mol. The minimum absolute atomic E-state index is 0.119. The summed E-state index contributed by atoms with van der Waals surface area (Å²) in [5, 5.41) is 3.75. The SMILES string of the molecule is CCOC(=O)/C=C/c1ccc(NC(=O)CC2CCN(C(=O)OC(C)(C)C)CC2)c2nc(OC)ccc12. The molecule has 1 aromatic carbocycles. The number of piperidine rings is 1.